The Kier molecular flexibility index (Phi) is 4.97. The lowest BCUT2D eigenvalue weighted by Gasteiger charge is -2.19. The van der Waals surface area contributed by atoms with Crippen molar-refractivity contribution >= 4 is 22.5 Å². The highest BCUT2D eigenvalue weighted by Crippen LogP contribution is 2.35. The van der Waals surface area contributed by atoms with E-state index in [9.17, 15) is 22.8 Å². The Bertz CT molecular complexity index is 1100. The Labute approximate surface area is 157 Å². The average molecular weight is 394 g/mol. The molecule has 28 heavy (non-hydrogen) atoms. The zero-order chi connectivity index (χ0) is 20.6. The van der Waals surface area contributed by atoms with E-state index in [0.29, 0.717) is 16.8 Å². The minimum atomic E-state index is -4.63. The van der Waals surface area contributed by atoms with Crippen LogP contribution in [-0.4, -0.2) is 20.8 Å². The summed E-state index contributed by atoms with van der Waals surface area (Å²) in [7, 11) is 0. The molecule has 0 aliphatic carbocycles. The van der Waals surface area contributed by atoms with Crippen molar-refractivity contribution in [3.8, 4) is 0 Å². The largest absolute Gasteiger partial charge is 0.418 e. The number of anilines is 1. The first-order chi connectivity index (χ1) is 13.1. The Morgan fingerprint density at radius 1 is 1.29 bits per heavy atom. The van der Waals surface area contributed by atoms with E-state index < -0.39 is 29.2 Å². The summed E-state index contributed by atoms with van der Waals surface area (Å²) >= 11 is 0. The molecule has 0 fully saturated rings. The number of amides is 1. The zero-order valence-electron chi connectivity index (χ0n) is 15.3. The summed E-state index contributed by atoms with van der Waals surface area (Å²) in [6, 6.07) is 3.51. The van der Waals surface area contributed by atoms with Gasteiger partial charge in [0.15, 0.2) is 5.52 Å². The van der Waals surface area contributed by atoms with E-state index in [1.807, 2.05) is 0 Å². The molecular formula is C18H17F3N4O3. The van der Waals surface area contributed by atoms with Crippen LogP contribution in [0.5, 0.6) is 0 Å². The minimum Gasteiger partial charge on any atom is -0.360 e. The first-order valence-electron chi connectivity index (χ1n) is 8.47. The van der Waals surface area contributed by atoms with Gasteiger partial charge in [-0.3, -0.25) is 9.59 Å². The van der Waals surface area contributed by atoms with Crippen molar-refractivity contribution in [2.45, 2.75) is 39.4 Å². The number of para-hydroxylation sites is 1. The number of fused-ring (bicyclic) bond motifs is 1. The van der Waals surface area contributed by atoms with Gasteiger partial charge in [0.25, 0.3) is 5.56 Å². The second-order valence-corrected chi connectivity index (χ2v) is 6.25. The lowest BCUT2D eigenvalue weighted by molar-refractivity contribution is -0.137. The average Bonchev–Trinajstić information content (AvgIpc) is 3.02. The SMILES string of the molecule is CC[C@@H](C(=O)Nc1ccccc1C(F)(F)F)n1nc(C)c2c(C)onc2c1=O. The molecule has 1 aromatic carbocycles. The van der Waals surface area contributed by atoms with E-state index >= 15 is 0 Å². The molecule has 1 N–H and O–H groups in total. The summed E-state index contributed by atoms with van der Waals surface area (Å²) in [6.07, 6.45) is -4.50. The fourth-order valence-corrected chi connectivity index (χ4v) is 3.05. The van der Waals surface area contributed by atoms with Crippen LogP contribution in [0, 0.1) is 13.8 Å². The molecule has 2 heterocycles. The zero-order valence-corrected chi connectivity index (χ0v) is 15.3. The van der Waals surface area contributed by atoms with Crippen LogP contribution in [0.2, 0.25) is 0 Å². The normalized spacial score (nSPS) is 12.9. The molecule has 0 saturated heterocycles. The lowest BCUT2D eigenvalue weighted by Crippen LogP contribution is -2.35. The van der Waals surface area contributed by atoms with Crippen LogP contribution in [-0.2, 0) is 11.0 Å². The predicted molar refractivity (Wildman–Crippen MR) is 94.9 cm³/mol. The third kappa shape index (κ3) is 3.37. The third-order valence-corrected chi connectivity index (χ3v) is 4.37. The van der Waals surface area contributed by atoms with Gasteiger partial charge in [-0.1, -0.05) is 24.2 Å². The van der Waals surface area contributed by atoms with Gasteiger partial charge >= 0.3 is 6.18 Å². The van der Waals surface area contributed by atoms with Crippen LogP contribution in [0.3, 0.4) is 0 Å². The number of benzene rings is 1. The Hall–Kier alpha value is -3.17. The topological polar surface area (TPSA) is 90.0 Å². The van der Waals surface area contributed by atoms with Gasteiger partial charge in [-0.2, -0.15) is 18.3 Å². The van der Waals surface area contributed by atoms with Crippen LogP contribution in [0.15, 0.2) is 33.6 Å². The molecule has 3 aromatic rings. The molecule has 2 aromatic heterocycles. The molecule has 148 valence electrons. The molecule has 0 saturated carbocycles. The highest BCUT2D eigenvalue weighted by Gasteiger charge is 2.34. The molecule has 0 bridgehead atoms. The van der Waals surface area contributed by atoms with Crippen LogP contribution in [0.4, 0.5) is 18.9 Å². The standard InChI is InChI=1S/C18H17F3N4O3/c1-4-13(16(26)22-12-8-6-5-7-11(12)18(19,20)21)25-17(27)15-14(9(2)23-25)10(3)28-24-15/h5-8,13H,4H2,1-3H3,(H,22,26)/t13-/m0/s1. The third-order valence-electron chi connectivity index (χ3n) is 4.37. The molecule has 0 aliphatic heterocycles. The van der Waals surface area contributed by atoms with Gasteiger partial charge in [-0.25, -0.2) is 4.68 Å². The smallest absolute Gasteiger partial charge is 0.360 e. The van der Waals surface area contributed by atoms with E-state index in [0.717, 1.165) is 16.8 Å². The summed E-state index contributed by atoms with van der Waals surface area (Å²) < 4.78 is 45.4. The Balaban J connectivity index is 2.02. The first kappa shape index (κ1) is 19.6. The molecular weight excluding hydrogens is 377 g/mol. The number of halogens is 3. The van der Waals surface area contributed by atoms with Crippen LogP contribution in [0.1, 0.15) is 36.4 Å². The molecule has 1 atom stereocenters. The maximum Gasteiger partial charge on any atom is 0.418 e. The molecule has 7 nitrogen and oxygen atoms in total. The van der Waals surface area contributed by atoms with E-state index in [1.165, 1.54) is 12.1 Å². The summed E-state index contributed by atoms with van der Waals surface area (Å²) in [4.78, 5) is 25.4. The van der Waals surface area contributed by atoms with Gasteiger partial charge in [-0.05, 0) is 32.4 Å². The number of aromatic nitrogens is 3. The number of aryl methyl sites for hydroxylation is 2. The summed E-state index contributed by atoms with van der Waals surface area (Å²) in [5.41, 5.74) is -1.57. The van der Waals surface area contributed by atoms with Gasteiger partial charge in [0.2, 0.25) is 5.91 Å². The summed E-state index contributed by atoms with van der Waals surface area (Å²) in [6.45, 7) is 4.89. The van der Waals surface area contributed by atoms with Crippen molar-refractivity contribution in [2.24, 2.45) is 0 Å². The van der Waals surface area contributed by atoms with E-state index in [2.05, 4.69) is 15.6 Å². The second-order valence-electron chi connectivity index (χ2n) is 6.25. The van der Waals surface area contributed by atoms with Crippen LogP contribution < -0.4 is 10.9 Å². The Morgan fingerprint density at radius 2 is 1.96 bits per heavy atom. The molecule has 0 radical (unpaired) electrons. The van der Waals surface area contributed by atoms with Gasteiger partial charge in [0.1, 0.15) is 11.8 Å². The van der Waals surface area contributed by atoms with Crippen molar-refractivity contribution < 1.29 is 22.5 Å². The van der Waals surface area contributed by atoms with Crippen molar-refractivity contribution in [1.82, 2.24) is 14.9 Å². The number of alkyl halides is 3. The number of hydrogen-bond donors (Lipinski definition) is 1. The van der Waals surface area contributed by atoms with Crippen molar-refractivity contribution in [3.63, 3.8) is 0 Å². The molecule has 0 unspecified atom stereocenters. The highest BCUT2D eigenvalue weighted by atomic mass is 19.4. The fraction of sp³-hybridized carbons (Fsp3) is 0.333. The van der Waals surface area contributed by atoms with Gasteiger partial charge in [-0.15, -0.1) is 0 Å². The van der Waals surface area contributed by atoms with Crippen LogP contribution in [0.25, 0.3) is 10.9 Å². The van der Waals surface area contributed by atoms with Crippen molar-refractivity contribution in [3.05, 3.63) is 51.6 Å². The fourth-order valence-electron chi connectivity index (χ4n) is 3.05. The maximum absolute atomic E-state index is 13.2. The minimum absolute atomic E-state index is 0.0203. The number of nitrogens with one attached hydrogen (secondary N) is 1. The number of carbonyl (C=O) groups excluding carboxylic acids is 1. The maximum atomic E-state index is 13.2. The molecule has 0 aliphatic rings. The van der Waals surface area contributed by atoms with Crippen molar-refractivity contribution in [2.75, 3.05) is 5.32 Å². The van der Waals surface area contributed by atoms with Crippen LogP contribution >= 0.6 is 0 Å². The van der Waals surface area contributed by atoms with Gasteiger partial charge in [0, 0.05) is 0 Å². The number of carbonyl (C=O) groups is 1. The number of nitrogens with zero attached hydrogens (tertiary/aromatic N) is 3. The quantitative estimate of drug-likeness (QED) is 0.730. The Morgan fingerprint density at radius 3 is 2.61 bits per heavy atom. The molecule has 0 spiro atoms. The monoisotopic (exact) mass is 394 g/mol. The van der Waals surface area contributed by atoms with Gasteiger partial charge in [0.05, 0.1) is 22.3 Å². The highest BCUT2D eigenvalue weighted by molar-refractivity contribution is 5.94. The molecule has 10 heteroatoms. The summed E-state index contributed by atoms with van der Waals surface area (Å²) in [5, 5.41) is 10.6. The predicted octanol–water partition coefficient (Wildman–Crippen LogP) is 3.61. The molecule has 3 rings (SSSR count). The second kappa shape index (κ2) is 7.10. The van der Waals surface area contributed by atoms with E-state index in [1.54, 1.807) is 20.8 Å². The van der Waals surface area contributed by atoms with Crippen molar-refractivity contribution in [1.29, 1.82) is 0 Å². The summed E-state index contributed by atoms with van der Waals surface area (Å²) in [5.74, 6) is -0.367. The van der Waals surface area contributed by atoms with E-state index in [-0.39, 0.29) is 17.6 Å². The number of rotatable bonds is 4. The molecule has 1 amide bonds. The van der Waals surface area contributed by atoms with Gasteiger partial charge < -0.3 is 9.84 Å². The lowest BCUT2D eigenvalue weighted by atomic mass is 10.1. The van der Waals surface area contributed by atoms with E-state index in [4.69, 9.17) is 4.52 Å². The number of hydrogen-bond acceptors (Lipinski definition) is 5. The first-order valence-corrected chi connectivity index (χ1v) is 8.47.